The second-order valence-electron chi connectivity index (χ2n) is 11.4. The predicted molar refractivity (Wildman–Crippen MR) is 113 cm³/mol. The van der Waals surface area contributed by atoms with Gasteiger partial charge in [0, 0.05) is 31.6 Å². The minimum Gasteiger partial charge on any atom is -0.463 e. The lowest BCUT2D eigenvalue weighted by atomic mass is 9.41. The number of ether oxygens (including phenoxy) is 3. The van der Waals surface area contributed by atoms with Crippen molar-refractivity contribution in [3.05, 3.63) is 0 Å². The lowest BCUT2D eigenvalue weighted by molar-refractivity contribution is -0.286. The van der Waals surface area contributed by atoms with Gasteiger partial charge in [-0.1, -0.05) is 6.92 Å². The summed E-state index contributed by atoms with van der Waals surface area (Å²) in [7, 11) is 0. The predicted octanol–water partition coefficient (Wildman–Crippen LogP) is 3.16. The first kappa shape index (κ1) is 22.2. The Bertz CT molecular complexity index is 840. The number of fused-ring (bicyclic) bond motifs is 4. The molecule has 5 aliphatic rings. The monoisotopic (exact) mass is 448 g/mol. The summed E-state index contributed by atoms with van der Waals surface area (Å²) in [5, 5.41) is 12.6. The van der Waals surface area contributed by atoms with Crippen molar-refractivity contribution >= 4 is 17.9 Å². The lowest BCUT2D eigenvalue weighted by Crippen LogP contribution is -2.72. The van der Waals surface area contributed by atoms with Gasteiger partial charge in [-0.3, -0.25) is 14.4 Å². The Morgan fingerprint density at radius 3 is 2.34 bits per heavy atom. The molecule has 7 heteroatoms. The van der Waals surface area contributed by atoms with Crippen LogP contribution in [0.15, 0.2) is 0 Å². The number of carbonyl (C=O) groups excluding carboxylic acids is 3. The summed E-state index contributed by atoms with van der Waals surface area (Å²) >= 11 is 0. The lowest BCUT2D eigenvalue weighted by Gasteiger charge is -2.66. The molecule has 0 bridgehead atoms. The van der Waals surface area contributed by atoms with E-state index in [0.717, 1.165) is 32.1 Å². The van der Waals surface area contributed by atoms with Gasteiger partial charge in [0.15, 0.2) is 0 Å². The van der Waals surface area contributed by atoms with Crippen LogP contribution in [-0.4, -0.2) is 46.9 Å². The third-order valence-electron chi connectivity index (χ3n) is 10.2. The molecule has 0 aromatic rings. The molecule has 1 aliphatic heterocycles. The van der Waals surface area contributed by atoms with Crippen LogP contribution in [0.2, 0.25) is 0 Å². The van der Waals surface area contributed by atoms with Crippen LogP contribution >= 0.6 is 0 Å². The van der Waals surface area contributed by atoms with Gasteiger partial charge in [-0.25, -0.2) is 0 Å². The van der Waals surface area contributed by atoms with Crippen LogP contribution < -0.4 is 0 Å². The summed E-state index contributed by atoms with van der Waals surface area (Å²) in [6.07, 6.45) is 4.94. The summed E-state index contributed by atoms with van der Waals surface area (Å²) in [6.45, 7) is 6.91. The maximum atomic E-state index is 13.2. The summed E-state index contributed by atoms with van der Waals surface area (Å²) in [6, 6.07) is 0. The van der Waals surface area contributed by atoms with Gasteiger partial charge in [0.1, 0.15) is 23.9 Å². The number of aliphatic hydroxyl groups is 1. The molecule has 4 aliphatic carbocycles. The number of hydrogen-bond acceptors (Lipinski definition) is 7. The molecule has 1 saturated heterocycles. The molecule has 5 rings (SSSR count). The molecule has 10 atom stereocenters. The first-order valence-corrected chi connectivity index (χ1v) is 12.3. The van der Waals surface area contributed by atoms with Gasteiger partial charge in [-0.15, -0.1) is 0 Å². The van der Waals surface area contributed by atoms with E-state index < -0.39 is 28.5 Å². The average molecular weight is 449 g/mol. The Morgan fingerprint density at radius 1 is 1.00 bits per heavy atom. The van der Waals surface area contributed by atoms with Gasteiger partial charge < -0.3 is 19.3 Å². The van der Waals surface area contributed by atoms with Crippen molar-refractivity contribution in [2.24, 2.45) is 34.5 Å². The van der Waals surface area contributed by atoms with E-state index in [1.165, 1.54) is 13.8 Å². The van der Waals surface area contributed by atoms with Crippen molar-refractivity contribution in [1.82, 2.24) is 0 Å². The SMILES string of the molecule is CC(=O)OC1CCC2(C)C(CCC3C4CCC5C(C)OC(=O)C54CC(OC(C)=O)C32O)C1. The Kier molecular flexibility index (Phi) is 4.98. The molecule has 178 valence electrons. The van der Waals surface area contributed by atoms with Crippen molar-refractivity contribution in [3.63, 3.8) is 0 Å². The smallest absolute Gasteiger partial charge is 0.313 e. The minimum atomic E-state index is -1.21. The molecule has 1 heterocycles. The van der Waals surface area contributed by atoms with E-state index in [1.54, 1.807) is 0 Å². The van der Waals surface area contributed by atoms with Gasteiger partial charge in [-0.2, -0.15) is 0 Å². The second-order valence-corrected chi connectivity index (χ2v) is 11.4. The van der Waals surface area contributed by atoms with E-state index >= 15 is 0 Å². The van der Waals surface area contributed by atoms with Crippen molar-refractivity contribution in [3.8, 4) is 0 Å². The third kappa shape index (κ3) is 2.72. The van der Waals surface area contributed by atoms with Crippen molar-refractivity contribution in [2.75, 3.05) is 0 Å². The zero-order chi connectivity index (χ0) is 23.1. The molecule has 10 unspecified atom stereocenters. The first-order valence-electron chi connectivity index (χ1n) is 12.3. The summed E-state index contributed by atoms with van der Waals surface area (Å²) in [4.78, 5) is 37.0. The minimum absolute atomic E-state index is 0.0470. The van der Waals surface area contributed by atoms with Crippen molar-refractivity contribution in [1.29, 1.82) is 0 Å². The second kappa shape index (κ2) is 7.18. The van der Waals surface area contributed by atoms with E-state index in [4.69, 9.17) is 14.2 Å². The normalized spacial score (nSPS) is 51.5. The highest BCUT2D eigenvalue weighted by atomic mass is 16.6. The van der Waals surface area contributed by atoms with Crippen LogP contribution in [0.4, 0.5) is 0 Å². The summed E-state index contributed by atoms with van der Waals surface area (Å²) in [5.74, 6) is -0.642. The van der Waals surface area contributed by atoms with Crippen LogP contribution in [0.5, 0.6) is 0 Å². The van der Waals surface area contributed by atoms with Crippen LogP contribution in [0, 0.1) is 34.5 Å². The summed E-state index contributed by atoms with van der Waals surface area (Å²) in [5.41, 5.74) is -2.34. The highest BCUT2D eigenvalue weighted by Gasteiger charge is 2.76. The van der Waals surface area contributed by atoms with E-state index in [0.29, 0.717) is 19.3 Å². The molecule has 0 aromatic heterocycles. The van der Waals surface area contributed by atoms with Gasteiger partial charge >= 0.3 is 17.9 Å². The topological polar surface area (TPSA) is 99.1 Å². The Hall–Kier alpha value is -1.63. The standard InChI is InChI=1S/C25H36O7/c1-13-18-7-8-19-20-6-5-16-11-17(31-14(2)26)9-10-23(16,4)25(20,29)21(32-15(3)27)12-24(18,19)22(28)30-13/h13,16-21,29H,5-12H2,1-4H3. The molecular formula is C25H36O7. The quantitative estimate of drug-likeness (QED) is 0.512. The van der Waals surface area contributed by atoms with Crippen molar-refractivity contribution < 1.29 is 33.7 Å². The Balaban J connectivity index is 1.55. The van der Waals surface area contributed by atoms with E-state index in [9.17, 15) is 19.5 Å². The Morgan fingerprint density at radius 2 is 1.66 bits per heavy atom. The molecule has 5 fully saturated rings. The molecule has 32 heavy (non-hydrogen) atoms. The fourth-order valence-corrected chi connectivity index (χ4v) is 9.01. The van der Waals surface area contributed by atoms with Crippen LogP contribution in [-0.2, 0) is 28.6 Å². The highest BCUT2D eigenvalue weighted by Crippen LogP contribution is 2.71. The molecule has 0 aromatic carbocycles. The van der Waals surface area contributed by atoms with Gasteiger partial charge in [0.2, 0.25) is 0 Å². The molecule has 0 radical (unpaired) electrons. The summed E-state index contributed by atoms with van der Waals surface area (Å²) < 4.78 is 17.1. The zero-order valence-electron chi connectivity index (χ0n) is 19.6. The molecule has 0 amide bonds. The molecule has 7 nitrogen and oxygen atoms in total. The largest absolute Gasteiger partial charge is 0.463 e. The third-order valence-corrected chi connectivity index (χ3v) is 10.2. The molecule has 1 spiro atoms. The first-order chi connectivity index (χ1) is 15.0. The van der Waals surface area contributed by atoms with Gasteiger partial charge in [-0.05, 0) is 69.6 Å². The average Bonchev–Trinajstić information content (AvgIpc) is 3.18. The van der Waals surface area contributed by atoms with E-state index in [1.807, 2.05) is 6.92 Å². The number of cyclic esters (lactones) is 1. The van der Waals surface area contributed by atoms with Crippen molar-refractivity contribution in [2.45, 2.75) is 103 Å². The maximum Gasteiger partial charge on any atom is 0.313 e. The number of esters is 3. The molecule has 1 N–H and O–H groups in total. The number of rotatable bonds is 2. The van der Waals surface area contributed by atoms with Crippen LogP contribution in [0.25, 0.3) is 0 Å². The maximum absolute atomic E-state index is 13.2. The number of hydrogen-bond donors (Lipinski definition) is 1. The van der Waals surface area contributed by atoms with Crippen LogP contribution in [0.1, 0.15) is 79.1 Å². The zero-order valence-corrected chi connectivity index (χ0v) is 19.6. The molecular weight excluding hydrogens is 412 g/mol. The van der Waals surface area contributed by atoms with Gasteiger partial charge in [0.05, 0.1) is 5.41 Å². The van der Waals surface area contributed by atoms with E-state index in [2.05, 4.69) is 6.92 Å². The van der Waals surface area contributed by atoms with Crippen LogP contribution in [0.3, 0.4) is 0 Å². The molecule has 4 saturated carbocycles. The Labute approximate surface area is 189 Å². The van der Waals surface area contributed by atoms with E-state index in [-0.39, 0.29) is 47.8 Å². The van der Waals surface area contributed by atoms with Gasteiger partial charge in [0.25, 0.3) is 0 Å². The fraction of sp³-hybridized carbons (Fsp3) is 0.880. The highest BCUT2D eigenvalue weighted by molar-refractivity contribution is 5.81. The number of carbonyl (C=O) groups is 3. The fourth-order valence-electron chi connectivity index (χ4n) is 9.01.